The Morgan fingerprint density at radius 3 is 2.95 bits per heavy atom. The number of halogens is 1. The van der Waals surface area contributed by atoms with E-state index in [0.717, 1.165) is 35.0 Å². The molecule has 1 heterocycles. The van der Waals surface area contributed by atoms with Crippen molar-refractivity contribution < 1.29 is 4.74 Å². The van der Waals surface area contributed by atoms with Gasteiger partial charge in [0, 0.05) is 17.6 Å². The lowest BCUT2D eigenvalue weighted by Crippen LogP contribution is -2.01. The summed E-state index contributed by atoms with van der Waals surface area (Å²) in [6, 6.07) is 9.60. The van der Waals surface area contributed by atoms with Gasteiger partial charge in [-0.25, -0.2) is 0 Å². The fourth-order valence-electron chi connectivity index (χ4n) is 1.66. The molecule has 2 aromatic rings. The second kappa shape index (κ2) is 7.00. The van der Waals surface area contributed by atoms with E-state index in [1.165, 1.54) is 0 Å². The van der Waals surface area contributed by atoms with Crippen molar-refractivity contribution >= 4 is 17.3 Å². The Hall–Kier alpha value is -1.74. The number of hydrogen-bond acceptors (Lipinski definition) is 3. The van der Waals surface area contributed by atoms with Crippen molar-refractivity contribution in [1.29, 1.82) is 0 Å². The SMILES string of the molecule is CCCNc1cncc(OCc2cccc(Cl)c2)c1. The van der Waals surface area contributed by atoms with Gasteiger partial charge in [0.2, 0.25) is 0 Å². The molecule has 0 amide bonds. The van der Waals surface area contributed by atoms with Gasteiger partial charge >= 0.3 is 0 Å². The van der Waals surface area contributed by atoms with Crippen LogP contribution in [0.4, 0.5) is 5.69 Å². The topological polar surface area (TPSA) is 34.2 Å². The third kappa shape index (κ3) is 4.45. The first-order valence-corrected chi connectivity index (χ1v) is 6.72. The Kier molecular flexibility index (Phi) is 5.04. The monoisotopic (exact) mass is 276 g/mol. The minimum atomic E-state index is 0.486. The van der Waals surface area contributed by atoms with Crippen molar-refractivity contribution in [3.63, 3.8) is 0 Å². The van der Waals surface area contributed by atoms with Gasteiger partial charge in [-0.2, -0.15) is 0 Å². The van der Waals surface area contributed by atoms with Gasteiger partial charge in [0.25, 0.3) is 0 Å². The molecule has 0 fully saturated rings. The average Bonchev–Trinajstić information content (AvgIpc) is 2.43. The molecule has 1 aromatic carbocycles. The minimum absolute atomic E-state index is 0.486. The summed E-state index contributed by atoms with van der Waals surface area (Å²) < 4.78 is 5.71. The van der Waals surface area contributed by atoms with Crippen molar-refractivity contribution in [1.82, 2.24) is 4.98 Å². The molecule has 0 saturated carbocycles. The number of ether oxygens (including phenoxy) is 1. The van der Waals surface area contributed by atoms with Gasteiger partial charge in [-0.1, -0.05) is 30.7 Å². The van der Waals surface area contributed by atoms with E-state index in [1.54, 1.807) is 12.4 Å². The molecule has 0 aliphatic rings. The lowest BCUT2D eigenvalue weighted by Gasteiger charge is -2.09. The summed E-state index contributed by atoms with van der Waals surface area (Å²) in [5, 5.41) is 4.00. The summed E-state index contributed by atoms with van der Waals surface area (Å²) in [5.41, 5.74) is 2.02. The molecule has 1 N–H and O–H groups in total. The first-order valence-electron chi connectivity index (χ1n) is 6.34. The quantitative estimate of drug-likeness (QED) is 0.861. The maximum Gasteiger partial charge on any atom is 0.140 e. The number of nitrogens with zero attached hydrogens (tertiary/aromatic N) is 1. The van der Waals surface area contributed by atoms with E-state index >= 15 is 0 Å². The van der Waals surface area contributed by atoms with Crippen LogP contribution in [0.15, 0.2) is 42.7 Å². The van der Waals surface area contributed by atoms with E-state index < -0.39 is 0 Å². The van der Waals surface area contributed by atoms with Crippen LogP contribution in [0.2, 0.25) is 5.02 Å². The Labute approximate surface area is 118 Å². The fourth-order valence-corrected chi connectivity index (χ4v) is 1.87. The zero-order valence-corrected chi connectivity index (χ0v) is 11.7. The first-order chi connectivity index (χ1) is 9.28. The normalized spacial score (nSPS) is 10.2. The second-order valence-electron chi connectivity index (χ2n) is 4.25. The van der Waals surface area contributed by atoms with Gasteiger partial charge < -0.3 is 10.1 Å². The molecule has 0 unspecified atom stereocenters. The van der Waals surface area contributed by atoms with Gasteiger partial charge in [-0.3, -0.25) is 4.98 Å². The second-order valence-corrected chi connectivity index (χ2v) is 4.69. The summed E-state index contributed by atoms with van der Waals surface area (Å²) in [6.07, 6.45) is 4.58. The van der Waals surface area contributed by atoms with Crippen molar-refractivity contribution in [3.8, 4) is 5.75 Å². The van der Waals surface area contributed by atoms with Crippen molar-refractivity contribution in [2.45, 2.75) is 20.0 Å². The van der Waals surface area contributed by atoms with Crippen molar-refractivity contribution in [3.05, 3.63) is 53.3 Å². The van der Waals surface area contributed by atoms with Crippen LogP contribution < -0.4 is 10.1 Å². The number of aromatic nitrogens is 1. The molecule has 0 spiro atoms. The molecule has 1 aromatic heterocycles. The van der Waals surface area contributed by atoms with E-state index in [2.05, 4.69) is 17.2 Å². The van der Waals surface area contributed by atoms with Gasteiger partial charge in [0.05, 0.1) is 18.1 Å². The summed E-state index contributed by atoms with van der Waals surface area (Å²) >= 11 is 5.93. The molecule has 2 rings (SSSR count). The van der Waals surface area contributed by atoms with Crippen LogP contribution in [0, 0.1) is 0 Å². The van der Waals surface area contributed by atoms with Crippen LogP contribution in [-0.2, 0) is 6.61 Å². The van der Waals surface area contributed by atoms with Crippen LogP contribution in [0.1, 0.15) is 18.9 Å². The molecule has 0 radical (unpaired) electrons. The number of rotatable bonds is 6. The largest absolute Gasteiger partial charge is 0.487 e. The Morgan fingerprint density at radius 2 is 2.16 bits per heavy atom. The van der Waals surface area contributed by atoms with Gasteiger partial charge in [-0.15, -0.1) is 0 Å². The van der Waals surface area contributed by atoms with Crippen LogP contribution in [0.3, 0.4) is 0 Å². The maximum absolute atomic E-state index is 5.93. The summed E-state index contributed by atoms with van der Waals surface area (Å²) in [5.74, 6) is 0.751. The van der Waals surface area contributed by atoms with E-state index in [4.69, 9.17) is 16.3 Å². The minimum Gasteiger partial charge on any atom is -0.487 e. The summed E-state index contributed by atoms with van der Waals surface area (Å²) in [6.45, 7) is 3.54. The highest BCUT2D eigenvalue weighted by atomic mass is 35.5. The molecular weight excluding hydrogens is 260 g/mol. The smallest absolute Gasteiger partial charge is 0.140 e. The fraction of sp³-hybridized carbons (Fsp3) is 0.267. The molecule has 0 aliphatic heterocycles. The number of pyridine rings is 1. The van der Waals surface area contributed by atoms with E-state index in [-0.39, 0.29) is 0 Å². The molecule has 4 heteroatoms. The lowest BCUT2D eigenvalue weighted by molar-refractivity contribution is 0.305. The Bertz CT molecular complexity index is 531. The maximum atomic E-state index is 5.93. The molecule has 0 aliphatic carbocycles. The summed E-state index contributed by atoms with van der Waals surface area (Å²) in [4.78, 5) is 4.15. The first kappa shape index (κ1) is 13.7. The number of benzene rings is 1. The standard InChI is InChI=1S/C15H17ClN2O/c1-2-6-18-14-8-15(10-17-9-14)19-11-12-4-3-5-13(16)7-12/h3-5,7-10,18H,2,6,11H2,1H3. The predicted molar refractivity (Wildman–Crippen MR) is 78.8 cm³/mol. The predicted octanol–water partition coefficient (Wildman–Crippen LogP) is 4.14. The molecule has 100 valence electrons. The van der Waals surface area contributed by atoms with Crippen molar-refractivity contribution in [2.24, 2.45) is 0 Å². The molecule has 19 heavy (non-hydrogen) atoms. The number of anilines is 1. The van der Waals surface area contributed by atoms with Gasteiger partial charge in [-0.05, 0) is 24.1 Å². The van der Waals surface area contributed by atoms with Gasteiger partial charge in [0.1, 0.15) is 12.4 Å². The highest BCUT2D eigenvalue weighted by Gasteiger charge is 1.99. The van der Waals surface area contributed by atoms with Crippen LogP contribution >= 0.6 is 11.6 Å². The zero-order chi connectivity index (χ0) is 13.5. The third-order valence-electron chi connectivity index (χ3n) is 2.59. The van der Waals surface area contributed by atoms with E-state index in [0.29, 0.717) is 6.61 Å². The van der Waals surface area contributed by atoms with Gasteiger partial charge in [0.15, 0.2) is 0 Å². The zero-order valence-electron chi connectivity index (χ0n) is 10.9. The average molecular weight is 277 g/mol. The highest BCUT2D eigenvalue weighted by Crippen LogP contribution is 2.18. The van der Waals surface area contributed by atoms with Crippen LogP contribution in [-0.4, -0.2) is 11.5 Å². The molecule has 0 atom stereocenters. The summed E-state index contributed by atoms with van der Waals surface area (Å²) in [7, 11) is 0. The Morgan fingerprint density at radius 1 is 1.26 bits per heavy atom. The molecule has 0 saturated heterocycles. The highest BCUT2D eigenvalue weighted by molar-refractivity contribution is 6.30. The molecule has 0 bridgehead atoms. The lowest BCUT2D eigenvalue weighted by atomic mass is 10.2. The number of hydrogen-bond donors (Lipinski definition) is 1. The van der Waals surface area contributed by atoms with Crippen LogP contribution in [0.25, 0.3) is 0 Å². The van der Waals surface area contributed by atoms with Crippen LogP contribution in [0.5, 0.6) is 5.75 Å². The molecule has 3 nitrogen and oxygen atoms in total. The molecular formula is C15H17ClN2O. The van der Waals surface area contributed by atoms with E-state index in [9.17, 15) is 0 Å². The van der Waals surface area contributed by atoms with Crippen molar-refractivity contribution in [2.75, 3.05) is 11.9 Å². The van der Waals surface area contributed by atoms with E-state index in [1.807, 2.05) is 30.3 Å². The Balaban J connectivity index is 1.95. The third-order valence-corrected chi connectivity index (χ3v) is 2.82. The number of nitrogens with one attached hydrogen (secondary N) is 1.